The van der Waals surface area contributed by atoms with Crippen molar-refractivity contribution < 1.29 is 22.3 Å². The van der Waals surface area contributed by atoms with Crippen LogP contribution in [0.4, 0.5) is 8.78 Å². The minimum Gasteiger partial charge on any atom is -0.392 e. The normalized spacial score (nSPS) is 11.7. The predicted octanol–water partition coefficient (Wildman–Crippen LogP) is 0.861. The lowest BCUT2D eigenvalue weighted by atomic mass is 10.2. The topological polar surface area (TPSA) is 54.4 Å². The summed E-state index contributed by atoms with van der Waals surface area (Å²) >= 11 is 0. The second-order valence-electron chi connectivity index (χ2n) is 2.82. The van der Waals surface area contributed by atoms with Gasteiger partial charge in [-0.25, -0.2) is 17.2 Å². The van der Waals surface area contributed by atoms with E-state index in [1.165, 1.54) is 0 Å². The summed E-state index contributed by atoms with van der Waals surface area (Å²) in [7, 11) is -3.92. The molecule has 6 heteroatoms. The summed E-state index contributed by atoms with van der Waals surface area (Å²) in [6, 6.07) is 1.58. The van der Waals surface area contributed by atoms with Gasteiger partial charge in [0.1, 0.15) is 16.5 Å². The van der Waals surface area contributed by atoms with Crippen LogP contribution in [0.1, 0.15) is 5.56 Å². The van der Waals surface area contributed by atoms with Crippen LogP contribution >= 0.6 is 0 Å². The highest BCUT2D eigenvalue weighted by Crippen LogP contribution is 2.20. The first-order valence-corrected chi connectivity index (χ1v) is 5.54. The quantitative estimate of drug-likeness (QED) is 0.807. The van der Waals surface area contributed by atoms with Crippen LogP contribution in [0.15, 0.2) is 17.0 Å². The molecule has 1 aromatic rings. The Hall–Kier alpha value is -1.01. The van der Waals surface area contributed by atoms with Gasteiger partial charge in [-0.05, 0) is 17.7 Å². The second kappa shape index (κ2) is 3.62. The van der Waals surface area contributed by atoms with Crippen molar-refractivity contribution in [1.29, 1.82) is 0 Å². The Morgan fingerprint density at radius 2 is 1.71 bits per heavy atom. The van der Waals surface area contributed by atoms with E-state index in [-0.39, 0.29) is 5.56 Å². The van der Waals surface area contributed by atoms with Gasteiger partial charge in [0.2, 0.25) is 0 Å². The van der Waals surface area contributed by atoms with Crippen LogP contribution in [0.5, 0.6) is 0 Å². The van der Waals surface area contributed by atoms with Crippen molar-refractivity contribution >= 4 is 9.84 Å². The van der Waals surface area contributed by atoms with Gasteiger partial charge < -0.3 is 5.11 Å². The Morgan fingerprint density at radius 1 is 1.29 bits per heavy atom. The third kappa shape index (κ3) is 2.08. The number of aliphatic hydroxyl groups excluding tert-OH is 1. The maximum atomic E-state index is 13.1. The largest absolute Gasteiger partial charge is 0.392 e. The number of sulfone groups is 1. The summed E-state index contributed by atoms with van der Waals surface area (Å²) in [5.74, 6) is -2.37. The van der Waals surface area contributed by atoms with Gasteiger partial charge in [-0.1, -0.05) is 0 Å². The van der Waals surface area contributed by atoms with E-state index < -0.39 is 33.0 Å². The summed E-state index contributed by atoms with van der Waals surface area (Å²) in [5.41, 5.74) is -0.00704. The smallest absolute Gasteiger partial charge is 0.181 e. The van der Waals surface area contributed by atoms with Crippen molar-refractivity contribution in [2.75, 3.05) is 6.26 Å². The first kappa shape index (κ1) is 11.1. The highest BCUT2D eigenvalue weighted by Gasteiger charge is 2.20. The van der Waals surface area contributed by atoms with E-state index in [9.17, 15) is 17.2 Å². The molecule has 0 atom stereocenters. The standard InChI is InChI=1S/C8H8F2O3S/c1-14(12,13)8-6(9)2-5(4-11)3-7(8)10/h2-3,11H,4H2,1H3. The number of hydrogen-bond acceptors (Lipinski definition) is 3. The molecule has 0 aliphatic carbocycles. The number of benzene rings is 1. The molecule has 0 aliphatic heterocycles. The van der Waals surface area contributed by atoms with E-state index in [4.69, 9.17) is 5.11 Å². The first-order chi connectivity index (χ1) is 6.36. The molecule has 0 bridgehead atoms. The number of aliphatic hydroxyl groups is 1. The second-order valence-corrected chi connectivity index (χ2v) is 4.77. The molecule has 0 unspecified atom stereocenters. The van der Waals surface area contributed by atoms with Gasteiger partial charge in [0.15, 0.2) is 9.84 Å². The highest BCUT2D eigenvalue weighted by molar-refractivity contribution is 7.90. The van der Waals surface area contributed by atoms with Gasteiger partial charge in [-0.3, -0.25) is 0 Å². The average molecular weight is 222 g/mol. The van der Waals surface area contributed by atoms with E-state index >= 15 is 0 Å². The molecule has 1 aromatic carbocycles. The van der Waals surface area contributed by atoms with Crippen molar-refractivity contribution in [3.05, 3.63) is 29.3 Å². The Labute approximate surface area is 79.9 Å². The minimum absolute atomic E-state index is 0.00704. The number of hydrogen-bond donors (Lipinski definition) is 1. The molecule has 0 aromatic heterocycles. The van der Waals surface area contributed by atoms with Crippen LogP contribution in [0.25, 0.3) is 0 Å². The Kier molecular flexibility index (Phi) is 2.86. The van der Waals surface area contributed by atoms with E-state index in [2.05, 4.69) is 0 Å². The molecule has 0 aliphatic rings. The van der Waals surface area contributed by atoms with E-state index in [1.807, 2.05) is 0 Å². The molecule has 0 radical (unpaired) electrons. The molecule has 0 heterocycles. The molecule has 0 saturated carbocycles. The third-order valence-electron chi connectivity index (χ3n) is 1.61. The van der Waals surface area contributed by atoms with Crippen LogP contribution in [-0.4, -0.2) is 19.8 Å². The molecule has 1 rings (SSSR count). The van der Waals surface area contributed by atoms with Crippen molar-refractivity contribution in [2.45, 2.75) is 11.5 Å². The zero-order valence-electron chi connectivity index (χ0n) is 7.29. The van der Waals surface area contributed by atoms with Crippen LogP contribution in [0.2, 0.25) is 0 Å². The average Bonchev–Trinajstić information content (AvgIpc) is 1.99. The summed E-state index contributed by atoms with van der Waals surface area (Å²) in [5, 5.41) is 8.60. The maximum Gasteiger partial charge on any atom is 0.181 e. The summed E-state index contributed by atoms with van der Waals surface area (Å²) in [6.45, 7) is -0.544. The highest BCUT2D eigenvalue weighted by atomic mass is 32.2. The first-order valence-electron chi connectivity index (χ1n) is 3.65. The molecule has 0 fully saturated rings. The van der Waals surface area contributed by atoms with Crippen LogP contribution in [0.3, 0.4) is 0 Å². The molecular weight excluding hydrogens is 214 g/mol. The lowest BCUT2D eigenvalue weighted by Crippen LogP contribution is -2.05. The Morgan fingerprint density at radius 3 is 2.00 bits per heavy atom. The number of rotatable bonds is 2. The molecule has 1 N–H and O–H groups in total. The van der Waals surface area contributed by atoms with Gasteiger partial charge in [0.05, 0.1) is 6.61 Å². The lowest BCUT2D eigenvalue weighted by Gasteiger charge is -2.04. The van der Waals surface area contributed by atoms with E-state index in [0.29, 0.717) is 6.26 Å². The summed E-state index contributed by atoms with van der Waals surface area (Å²) < 4.78 is 48.0. The van der Waals surface area contributed by atoms with E-state index in [0.717, 1.165) is 12.1 Å². The van der Waals surface area contributed by atoms with Crippen molar-refractivity contribution in [1.82, 2.24) is 0 Å². The zero-order chi connectivity index (χ0) is 10.9. The van der Waals surface area contributed by atoms with Gasteiger partial charge >= 0.3 is 0 Å². The molecule has 14 heavy (non-hydrogen) atoms. The molecule has 0 saturated heterocycles. The Balaban J connectivity index is 3.48. The zero-order valence-corrected chi connectivity index (χ0v) is 8.11. The van der Waals surface area contributed by atoms with Gasteiger partial charge in [-0.15, -0.1) is 0 Å². The number of halogens is 2. The molecule has 3 nitrogen and oxygen atoms in total. The molecule has 0 amide bonds. The van der Waals surface area contributed by atoms with Crippen LogP contribution < -0.4 is 0 Å². The fraction of sp³-hybridized carbons (Fsp3) is 0.250. The molecule has 78 valence electrons. The van der Waals surface area contributed by atoms with Crippen LogP contribution in [-0.2, 0) is 16.4 Å². The van der Waals surface area contributed by atoms with E-state index in [1.54, 1.807) is 0 Å². The predicted molar refractivity (Wildman–Crippen MR) is 45.4 cm³/mol. The summed E-state index contributed by atoms with van der Waals surface area (Å²) in [4.78, 5) is -0.963. The fourth-order valence-corrected chi connectivity index (χ4v) is 1.88. The SMILES string of the molecule is CS(=O)(=O)c1c(F)cc(CO)cc1F. The summed E-state index contributed by atoms with van der Waals surface area (Å²) in [6.07, 6.45) is 0.715. The lowest BCUT2D eigenvalue weighted by molar-refractivity contribution is 0.280. The van der Waals surface area contributed by atoms with Gasteiger partial charge in [0, 0.05) is 6.26 Å². The third-order valence-corrected chi connectivity index (χ3v) is 2.74. The Bertz CT molecular complexity index is 431. The molecule has 0 spiro atoms. The fourth-order valence-electron chi connectivity index (χ4n) is 1.06. The monoisotopic (exact) mass is 222 g/mol. The van der Waals surface area contributed by atoms with Crippen molar-refractivity contribution in [3.63, 3.8) is 0 Å². The van der Waals surface area contributed by atoms with Gasteiger partial charge in [-0.2, -0.15) is 0 Å². The maximum absolute atomic E-state index is 13.1. The molecular formula is C8H8F2O3S. The minimum atomic E-state index is -3.92. The van der Waals surface area contributed by atoms with Gasteiger partial charge in [0.25, 0.3) is 0 Å². The van der Waals surface area contributed by atoms with Crippen molar-refractivity contribution in [3.8, 4) is 0 Å². The van der Waals surface area contributed by atoms with Crippen molar-refractivity contribution in [2.24, 2.45) is 0 Å². The van der Waals surface area contributed by atoms with Crippen LogP contribution in [0, 0.1) is 11.6 Å².